The van der Waals surface area contributed by atoms with Crippen LogP contribution in [0.25, 0.3) is 0 Å². The predicted octanol–water partition coefficient (Wildman–Crippen LogP) is 1.67. The zero-order valence-electron chi connectivity index (χ0n) is 11.0. The maximum absolute atomic E-state index is 11.7. The van der Waals surface area contributed by atoms with Crippen molar-refractivity contribution in [2.45, 2.75) is 19.8 Å². The van der Waals surface area contributed by atoms with Crippen molar-refractivity contribution in [3.8, 4) is 0 Å². The van der Waals surface area contributed by atoms with Gasteiger partial charge in [-0.05, 0) is 25.0 Å². The summed E-state index contributed by atoms with van der Waals surface area (Å²) in [6, 6.07) is 3.48. The Kier molecular flexibility index (Phi) is 6.79. The van der Waals surface area contributed by atoms with Crippen LogP contribution in [0.5, 0.6) is 0 Å². The number of pyridine rings is 1. The third-order valence-electron chi connectivity index (χ3n) is 2.39. The summed E-state index contributed by atoms with van der Waals surface area (Å²) in [5.41, 5.74) is 0.632. The maximum atomic E-state index is 11.7. The lowest BCUT2D eigenvalue weighted by Gasteiger charge is -2.07. The van der Waals surface area contributed by atoms with E-state index in [1.807, 2.05) is 6.92 Å². The van der Waals surface area contributed by atoms with Crippen LogP contribution in [0.1, 0.15) is 30.1 Å². The van der Waals surface area contributed by atoms with Crippen LogP contribution in [-0.4, -0.2) is 37.7 Å². The van der Waals surface area contributed by atoms with Gasteiger partial charge in [-0.1, -0.05) is 6.92 Å². The Balaban J connectivity index is 2.48. The molecule has 18 heavy (non-hydrogen) atoms. The molecule has 1 rings (SSSR count). The van der Waals surface area contributed by atoms with E-state index in [2.05, 4.69) is 15.6 Å². The molecule has 0 aliphatic rings. The number of anilines is 1. The highest BCUT2D eigenvalue weighted by Crippen LogP contribution is 2.06. The van der Waals surface area contributed by atoms with Crippen molar-refractivity contribution in [2.24, 2.45) is 0 Å². The van der Waals surface area contributed by atoms with Crippen molar-refractivity contribution in [3.05, 3.63) is 23.9 Å². The van der Waals surface area contributed by atoms with Gasteiger partial charge in [-0.15, -0.1) is 0 Å². The fourth-order valence-corrected chi connectivity index (χ4v) is 1.44. The molecule has 1 amide bonds. The first-order valence-electron chi connectivity index (χ1n) is 6.25. The second kappa shape index (κ2) is 8.47. The summed E-state index contributed by atoms with van der Waals surface area (Å²) in [6.07, 6.45) is 3.48. The molecular weight excluding hydrogens is 230 g/mol. The van der Waals surface area contributed by atoms with Crippen molar-refractivity contribution in [1.82, 2.24) is 10.3 Å². The van der Waals surface area contributed by atoms with E-state index in [1.165, 1.54) is 0 Å². The number of hydrogen-bond acceptors (Lipinski definition) is 4. The molecule has 2 N–H and O–H groups in total. The summed E-state index contributed by atoms with van der Waals surface area (Å²) in [5, 5.41) is 6.00. The Morgan fingerprint density at radius 1 is 1.44 bits per heavy atom. The summed E-state index contributed by atoms with van der Waals surface area (Å²) in [6.45, 7) is 4.21. The minimum Gasteiger partial charge on any atom is -0.385 e. The standard InChI is InChI=1S/C13H21N3O2/c1-3-6-16-13(17)11-5-8-15-12(10-11)14-7-4-9-18-2/h5,8,10H,3-4,6-7,9H2,1-2H3,(H,14,15)(H,16,17). The molecule has 0 atom stereocenters. The number of amides is 1. The highest BCUT2D eigenvalue weighted by molar-refractivity contribution is 5.94. The third-order valence-corrected chi connectivity index (χ3v) is 2.39. The van der Waals surface area contributed by atoms with Crippen LogP contribution in [0.15, 0.2) is 18.3 Å². The Morgan fingerprint density at radius 2 is 2.28 bits per heavy atom. The van der Waals surface area contributed by atoms with Crippen LogP contribution in [0, 0.1) is 0 Å². The molecule has 0 spiro atoms. The molecule has 0 radical (unpaired) electrons. The van der Waals surface area contributed by atoms with Gasteiger partial charge in [-0.25, -0.2) is 4.98 Å². The van der Waals surface area contributed by atoms with Gasteiger partial charge >= 0.3 is 0 Å². The average molecular weight is 251 g/mol. The van der Waals surface area contributed by atoms with Gasteiger partial charge in [0.05, 0.1) is 0 Å². The minimum absolute atomic E-state index is 0.0563. The Morgan fingerprint density at radius 3 is 3.00 bits per heavy atom. The van der Waals surface area contributed by atoms with E-state index in [4.69, 9.17) is 4.74 Å². The first-order valence-corrected chi connectivity index (χ1v) is 6.25. The zero-order chi connectivity index (χ0) is 13.2. The normalized spacial score (nSPS) is 10.1. The van der Waals surface area contributed by atoms with Crippen LogP contribution >= 0.6 is 0 Å². The van der Waals surface area contributed by atoms with E-state index in [0.717, 1.165) is 25.2 Å². The minimum atomic E-state index is -0.0563. The summed E-state index contributed by atoms with van der Waals surface area (Å²) >= 11 is 0. The fraction of sp³-hybridized carbons (Fsp3) is 0.538. The molecule has 5 nitrogen and oxygen atoms in total. The zero-order valence-corrected chi connectivity index (χ0v) is 11.0. The second-order valence-electron chi connectivity index (χ2n) is 3.96. The number of nitrogens with zero attached hydrogens (tertiary/aromatic N) is 1. The molecule has 5 heteroatoms. The predicted molar refractivity (Wildman–Crippen MR) is 71.8 cm³/mol. The maximum Gasteiger partial charge on any atom is 0.251 e. The summed E-state index contributed by atoms with van der Waals surface area (Å²) in [5.74, 6) is 0.662. The highest BCUT2D eigenvalue weighted by Gasteiger charge is 2.05. The first kappa shape index (κ1) is 14.4. The van der Waals surface area contributed by atoms with Crippen LogP contribution in [-0.2, 0) is 4.74 Å². The lowest BCUT2D eigenvalue weighted by atomic mass is 10.2. The number of nitrogens with one attached hydrogen (secondary N) is 2. The number of carbonyl (C=O) groups is 1. The van der Waals surface area contributed by atoms with Crippen LogP contribution < -0.4 is 10.6 Å². The summed E-state index contributed by atoms with van der Waals surface area (Å²) in [4.78, 5) is 15.9. The number of rotatable bonds is 8. The Hall–Kier alpha value is -1.62. The molecule has 0 saturated carbocycles. The topological polar surface area (TPSA) is 63.2 Å². The van der Waals surface area contributed by atoms with Gasteiger partial charge in [-0.3, -0.25) is 4.79 Å². The summed E-state index contributed by atoms with van der Waals surface area (Å²) < 4.78 is 4.96. The van der Waals surface area contributed by atoms with E-state index in [-0.39, 0.29) is 5.91 Å². The lowest BCUT2D eigenvalue weighted by Crippen LogP contribution is -2.24. The summed E-state index contributed by atoms with van der Waals surface area (Å²) in [7, 11) is 1.68. The fourth-order valence-electron chi connectivity index (χ4n) is 1.44. The van der Waals surface area contributed by atoms with Crippen molar-refractivity contribution >= 4 is 11.7 Å². The van der Waals surface area contributed by atoms with E-state index in [1.54, 1.807) is 25.4 Å². The van der Waals surface area contributed by atoms with Crippen molar-refractivity contribution in [2.75, 3.05) is 32.1 Å². The Labute approximate surface area is 108 Å². The average Bonchev–Trinajstić information content (AvgIpc) is 2.41. The molecule has 0 aliphatic carbocycles. The molecule has 0 unspecified atom stereocenters. The van der Waals surface area contributed by atoms with Gasteiger partial charge < -0.3 is 15.4 Å². The molecule has 0 aliphatic heterocycles. The van der Waals surface area contributed by atoms with E-state index >= 15 is 0 Å². The molecule has 0 fully saturated rings. The van der Waals surface area contributed by atoms with Gasteiger partial charge in [0.2, 0.25) is 0 Å². The SMILES string of the molecule is CCCNC(=O)c1ccnc(NCCCOC)c1. The monoisotopic (exact) mass is 251 g/mol. The van der Waals surface area contributed by atoms with Gasteiger partial charge in [0.25, 0.3) is 5.91 Å². The molecule has 1 heterocycles. The molecule has 0 bridgehead atoms. The van der Waals surface area contributed by atoms with Crippen molar-refractivity contribution in [3.63, 3.8) is 0 Å². The lowest BCUT2D eigenvalue weighted by molar-refractivity contribution is 0.0953. The molecule has 0 saturated heterocycles. The van der Waals surface area contributed by atoms with Crippen molar-refractivity contribution < 1.29 is 9.53 Å². The molecule has 100 valence electrons. The van der Waals surface area contributed by atoms with E-state index < -0.39 is 0 Å². The molecule has 1 aromatic heterocycles. The van der Waals surface area contributed by atoms with Crippen LogP contribution in [0.4, 0.5) is 5.82 Å². The molecular formula is C13H21N3O2. The van der Waals surface area contributed by atoms with Gasteiger partial charge in [0.1, 0.15) is 5.82 Å². The van der Waals surface area contributed by atoms with Crippen molar-refractivity contribution in [1.29, 1.82) is 0 Å². The molecule has 1 aromatic rings. The largest absolute Gasteiger partial charge is 0.385 e. The number of carbonyl (C=O) groups excluding carboxylic acids is 1. The number of hydrogen-bond donors (Lipinski definition) is 2. The number of methoxy groups -OCH3 is 1. The molecule has 0 aromatic carbocycles. The van der Waals surface area contributed by atoms with Gasteiger partial charge in [-0.2, -0.15) is 0 Å². The van der Waals surface area contributed by atoms with E-state index in [9.17, 15) is 4.79 Å². The van der Waals surface area contributed by atoms with Crippen LogP contribution in [0.3, 0.4) is 0 Å². The quantitative estimate of drug-likeness (QED) is 0.690. The first-order chi connectivity index (χ1) is 8.77. The van der Waals surface area contributed by atoms with Crippen LogP contribution in [0.2, 0.25) is 0 Å². The highest BCUT2D eigenvalue weighted by atomic mass is 16.5. The van der Waals surface area contributed by atoms with Gasteiger partial charge in [0, 0.05) is 38.6 Å². The Bertz CT molecular complexity index is 369. The van der Waals surface area contributed by atoms with Gasteiger partial charge in [0.15, 0.2) is 0 Å². The third kappa shape index (κ3) is 5.14. The number of aromatic nitrogens is 1. The second-order valence-corrected chi connectivity index (χ2v) is 3.96. The number of ether oxygens (including phenoxy) is 1. The van der Waals surface area contributed by atoms with E-state index in [0.29, 0.717) is 18.7 Å². The smallest absolute Gasteiger partial charge is 0.251 e.